The SMILES string of the molecule is COCc1ccc2c(c1)CN(C)C2=O. The molecule has 3 heteroatoms. The molecule has 14 heavy (non-hydrogen) atoms. The molecule has 0 saturated heterocycles. The first-order valence-electron chi connectivity index (χ1n) is 4.58. The maximum Gasteiger partial charge on any atom is 0.254 e. The molecule has 0 aliphatic carbocycles. The molecular weight excluding hydrogens is 178 g/mol. The van der Waals surface area contributed by atoms with Crippen LogP contribution in [0, 0.1) is 0 Å². The van der Waals surface area contributed by atoms with Gasteiger partial charge in [0.1, 0.15) is 0 Å². The summed E-state index contributed by atoms with van der Waals surface area (Å²) in [6.45, 7) is 1.32. The highest BCUT2D eigenvalue weighted by Crippen LogP contribution is 2.22. The van der Waals surface area contributed by atoms with Crippen molar-refractivity contribution >= 4 is 5.91 Å². The van der Waals surface area contributed by atoms with Crippen LogP contribution in [0.3, 0.4) is 0 Å². The summed E-state index contributed by atoms with van der Waals surface area (Å²) >= 11 is 0. The van der Waals surface area contributed by atoms with Crippen LogP contribution >= 0.6 is 0 Å². The molecule has 0 spiro atoms. The summed E-state index contributed by atoms with van der Waals surface area (Å²) in [4.78, 5) is 13.3. The van der Waals surface area contributed by atoms with E-state index in [0.717, 1.165) is 16.7 Å². The average molecular weight is 191 g/mol. The van der Waals surface area contributed by atoms with Gasteiger partial charge in [-0.15, -0.1) is 0 Å². The zero-order chi connectivity index (χ0) is 10.1. The Morgan fingerprint density at radius 3 is 3.00 bits per heavy atom. The number of carbonyl (C=O) groups is 1. The van der Waals surface area contributed by atoms with E-state index < -0.39 is 0 Å². The van der Waals surface area contributed by atoms with Gasteiger partial charge in [0.25, 0.3) is 5.91 Å². The minimum Gasteiger partial charge on any atom is -0.380 e. The maximum atomic E-state index is 11.6. The van der Waals surface area contributed by atoms with Gasteiger partial charge in [0.05, 0.1) is 6.61 Å². The van der Waals surface area contributed by atoms with Gasteiger partial charge in [0.15, 0.2) is 0 Å². The third-order valence-corrected chi connectivity index (χ3v) is 2.47. The normalized spacial score (nSPS) is 14.7. The molecule has 0 atom stereocenters. The first-order chi connectivity index (χ1) is 6.72. The molecule has 0 aromatic heterocycles. The highest BCUT2D eigenvalue weighted by Gasteiger charge is 2.23. The Balaban J connectivity index is 2.34. The number of hydrogen-bond acceptors (Lipinski definition) is 2. The maximum absolute atomic E-state index is 11.6. The molecule has 1 aromatic carbocycles. The van der Waals surface area contributed by atoms with Gasteiger partial charge in [0.2, 0.25) is 0 Å². The van der Waals surface area contributed by atoms with E-state index in [1.807, 2.05) is 25.2 Å². The molecule has 74 valence electrons. The number of carbonyl (C=O) groups excluding carboxylic acids is 1. The van der Waals surface area contributed by atoms with Crippen molar-refractivity contribution in [2.45, 2.75) is 13.2 Å². The zero-order valence-electron chi connectivity index (χ0n) is 8.41. The summed E-state index contributed by atoms with van der Waals surface area (Å²) < 4.78 is 5.04. The number of rotatable bonds is 2. The summed E-state index contributed by atoms with van der Waals surface area (Å²) in [7, 11) is 3.49. The van der Waals surface area contributed by atoms with Crippen LogP contribution in [0.25, 0.3) is 0 Å². The number of nitrogens with zero attached hydrogens (tertiary/aromatic N) is 1. The third-order valence-electron chi connectivity index (χ3n) is 2.47. The van der Waals surface area contributed by atoms with Crippen LogP contribution in [-0.2, 0) is 17.9 Å². The van der Waals surface area contributed by atoms with Gasteiger partial charge in [-0.3, -0.25) is 4.79 Å². The van der Waals surface area contributed by atoms with Crippen LogP contribution in [-0.4, -0.2) is 25.0 Å². The number of fused-ring (bicyclic) bond motifs is 1. The molecule has 0 fully saturated rings. The highest BCUT2D eigenvalue weighted by atomic mass is 16.5. The molecule has 0 N–H and O–H groups in total. The van der Waals surface area contributed by atoms with Gasteiger partial charge >= 0.3 is 0 Å². The van der Waals surface area contributed by atoms with Crippen molar-refractivity contribution < 1.29 is 9.53 Å². The predicted octanol–water partition coefficient (Wildman–Crippen LogP) is 1.42. The van der Waals surface area contributed by atoms with E-state index >= 15 is 0 Å². The number of amides is 1. The van der Waals surface area contributed by atoms with E-state index in [4.69, 9.17) is 4.74 Å². The average Bonchev–Trinajstić information content (AvgIpc) is 2.43. The Bertz CT molecular complexity index is 374. The smallest absolute Gasteiger partial charge is 0.254 e. The van der Waals surface area contributed by atoms with E-state index in [1.165, 1.54) is 0 Å². The van der Waals surface area contributed by atoms with Crippen molar-refractivity contribution in [1.82, 2.24) is 4.90 Å². The summed E-state index contributed by atoms with van der Waals surface area (Å²) in [5.74, 6) is 0.115. The van der Waals surface area contributed by atoms with E-state index in [-0.39, 0.29) is 5.91 Å². The zero-order valence-corrected chi connectivity index (χ0v) is 8.41. The monoisotopic (exact) mass is 191 g/mol. The molecular formula is C11H13NO2. The van der Waals surface area contributed by atoms with Crippen molar-refractivity contribution in [3.63, 3.8) is 0 Å². The summed E-state index contributed by atoms with van der Waals surface area (Å²) in [6.07, 6.45) is 0. The van der Waals surface area contributed by atoms with Crippen LogP contribution in [0.1, 0.15) is 21.5 Å². The van der Waals surface area contributed by atoms with E-state index in [1.54, 1.807) is 12.0 Å². The van der Waals surface area contributed by atoms with Crippen LogP contribution in [0.2, 0.25) is 0 Å². The fraction of sp³-hybridized carbons (Fsp3) is 0.364. The van der Waals surface area contributed by atoms with Crippen molar-refractivity contribution in [1.29, 1.82) is 0 Å². The number of benzene rings is 1. The van der Waals surface area contributed by atoms with Crippen molar-refractivity contribution in [3.05, 3.63) is 34.9 Å². The standard InChI is InChI=1S/C11H13NO2/c1-12-6-9-5-8(7-14-2)3-4-10(9)11(12)13/h3-5H,6-7H2,1-2H3. The van der Waals surface area contributed by atoms with Gasteiger partial charge in [-0.05, 0) is 17.2 Å². The van der Waals surface area contributed by atoms with Gasteiger partial charge in [-0.25, -0.2) is 0 Å². The Labute approximate surface area is 83.3 Å². The Hall–Kier alpha value is -1.35. The van der Waals surface area contributed by atoms with Gasteiger partial charge < -0.3 is 9.64 Å². The largest absolute Gasteiger partial charge is 0.380 e. The van der Waals surface area contributed by atoms with Crippen molar-refractivity contribution in [2.75, 3.05) is 14.2 Å². The van der Waals surface area contributed by atoms with E-state index in [9.17, 15) is 4.79 Å². The molecule has 1 aromatic rings. The van der Waals surface area contributed by atoms with Crippen LogP contribution < -0.4 is 0 Å². The fourth-order valence-electron chi connectivity index (χ4n) is 1.78. The molecule has 1 aliphatic heterocycles. The van der Waals surface area contributed by atoms with E-state index in [0.29, 0.717) is 13.2 Å². The minimum atomic E-state index is 0.115. The molecule has 1 heterocycles. The van der Waals surface area contributed by atoms with Gasteiger partial charge in [0, 0.05) is 26.3 Å². The molecule has 0 saturated carbocycles. The number of hydrogen-bond donors (Lipinski definition) is 0. The second-order valence-electron chi connectivity index (χ2n) is 3.59. The fourth-order valence-corrected chi connectivity index (χ4v) is 1.78. The lowest BCUT2D eigenvalue weighted by atomic mass is 10.1. The summed E-state index contributed by atoms with van der Waals surface area (Å²) in [5.41, 5.74) is 3.05. The Morgan fingerprint density at radius 2 is 2.29 bits per heavy atom. The lowest BCUT2D eigenvalue weighted by Gasteiger charge is -2.04. The molecule has 0 bridgehead atoms. The van der Waals surface area contributed by atoms with Crippen LogP contribution in [0.15, 0.2) is 18.2 Å². The molecule has 3 nitrogen and oxygen atoms in total. The lowest BCUT2D eigenvalue weighted by Crippen LogP contribution is -2.17. The van der Waals surface area contributed by atoms with Crippen molar-refractivity contribution in [2.24, 2.45) is 0 Å². The van der Waals surface area contributed by atoms with Gasteiger partial charge in [-0.2, -0.15) is 0 Å². The lowest BCUT2D eigenvalue weighted by molar-refractivity contribution is 0.0816. The molecule has 1 amide bonds. The third kappa shape index (κ3) is 1.40. The van der Waals surface area contributed by atoms with E-state index in [2.05, 4.69) is 0 Å². The molecule has 0 unspecified atom stereocenters. The molecule has 0 radical (unpaired) electrons. The predicted molar refractivity (Wildman–Crippen MR) is 53.0 cm³/mol. The Morgan fingerprint density at radius 1 is 1.50 bits per heavy atom. The second kappa shape index (κ2) is 3.42. The number of ether oxygens (including phenoxy) is 1. The minimum absolute atomic E-state index is 0.115. The topological polar surface area (TPSA) is 29.5 Å². The molecule has 1 aliphatic rings. The summed E-state index contributed by atoms with van der Waals surface area (Å²) in [5, 5.41) is 0. The molecule has 2 rings (SSSR count). The Kier molecular flexibility index (Phi) is 2.25. The van der Waals surface area contributed by atoms with Crippen molar-refractivity contribution in [3.8, 4) is 0 Å². The van der Waals surface area contributed by atoms with Gasteiger partial charge in [-0.1, -0.05) is 12.1 Å². The second-order valence-corrected chi connectivity index (χ2v) is 3.59. The highest BCUT2D eigenvalue weighted by molar-refractivity contribution is 5.98. The number of methoxy groups -OCH3 is 1. The summed E-state index contributed by atoms with van der Waals surface area (Å²) in [6, 6.07) is 5.87. The quantitative estimate of drug-likeness (QED) is 0.707. The first-order valence-corrected chi connectivity index (χ1v) is 4.58. The van der Waals surface area contributed by atoms with Crippen LogP contribution in [0.4, 0.5) is 0 Å². The first kappa shape index (κ1) is 9.21. The van der Waals surface area contributed by atoms with Crippen LogP contribution in [0.5, 0.6) is 0 Å².